The number of carbonyl (C=O) groups is 2. The lowest BCUT2D eigenvalue weighted by atomic mass is 9.64. The van der Waals surface area contributed by atoms with Crippen LogP contribution in [0.4, 0.5) is 26.3 Å². The average molecular weight is 321 g/mol. The van der Waals surface area contributed by atoms with Crippen molar-refractivity contribution in [2.75, 3.05) is 13.1 Å². The van der Waals surface area contributed by atoms with Crippen LogP contribution in [0.3, 0.4) is 0 Å². The molecular weight excluding hydrogens is 308 g/mol. The minimum absolute atomic E-state index is 0.121. The van der Waals surface area contributed by atoms with Gasteiger partial charge in [-0.05, 0) is 6.92 Å². The van der Waals surface area contributed by atoms with Gasteiger partial charge in [-0.3, -0.25) is 9.59 Å². The minimum atomic E-state index is -5.26. The van der Waals surface area contributed by atoms with E-state index in [1.165, 1.54) is 0 Å². The average Bonchev–Trinajstić information content (AvgIpc) is 2.20. The molecule has 1 saturated carbocycles. The zero-order valence-electron chi connectivity index (χ0n) is 10.9. The maximum atomic E-state index is 13.0. The fraction of sp³-hybridized carbons (Fsp3) is 0.818. The smallest absolute Gasteiger partial charge is 0.403 e. The minimum Gasteiger partial charge on any atom is -0.480 e. The highest BCUT2D eigenvalue weighted by molar-refractivity contribution is 5.88. The van der Waals surface area contributed by atoms with Crippen molar-refractivity contribution in [3.05, 3.63) is 0 Å². The molecule has 1 rings (SSSR count). The van der Waals surface area contributed by atoms with E-state index < -0.39 is 61.5 Å². The second-order valence-electron chi connectivity index (χ2n) is 5.15. The highest BCUT2D eigenvalue weighted by atomic mass is 19.4. The van der Waals surface area contributed by atoms with Crippen LogP contribution in [-0.4, -0.2) is 53.2 Å². The summed E-state index contributed by atoms with van der Waals surface area (Å²) in [6, 6.07) is 0. The van der Waals surface area contributed by atoms with Crippen LogP contribution in [0.25, 0.3) is 0 Å². The van der Waals surface area contributed by atoms with Gasteiger partial charge in [0.15, 0.2) is 5.41 Å². The summed E-state index contributed by atoms with van der Waals surface area (Å²) < 4.78 is 77.5. The van der Waals surface area contributed by atoms with Gasteiger partial charge >= 0.3 is 12.1 Å². The van der Waals surface area contributed by atoms with E-state index in [-0.39, 0.29) is 4.90 Å². The molecule has 0 aromatic rings. The van der Waals surface area contributed by atoms with Crippen LogP contribution in [0.5, 0.6) is 0 Å². The van der Waals surface area contributed by atoms with Gasteiger partial charge < -0.3 is 10.0 Å². The first kappa shape index (κ1) is 17.6. The lowest BCUT2D eigenvalue weighted by Gasteiger charge is -2.48. The molecule has 4 nitrogen and oxygen atoms in total. The van der Waals surface area contributed by atoms with Crippen LogP contribution < -0.4 is 0 Å². The molecule has 0 bridgehead atoms. The van der Waals surface area contributed by atoms with E-state index in [0.29, 0.717) is 0 Å². The van der Waals surface area contributed by atoms with Crippen LogP contribution in [-0.2, 0) is 9.59 Å². The number of hydrogen-bond donors (Lipinski definition) is 1. The van der Waals surface area contributed by atoms with Crippen molar-refractivity contribution in [2.24, 2.45) is 5.41 Å². The van der Waals surface area contributed by atoms with Crippen LogP contribution >= 0.6 is 0 Å². The molecule has 1 amide bonds. The summed E-state index contributed by atoms with van der Waals surface area (Å²) in [5.74, 6) is -7.14. The monoisotopic (exact) mass is 321 g/mol. The third kappa shape index (κ3) is 3.59. The van der Waals surface area contributed by atoms with E-state index in [0.717, 1.165) is 6.92 Å². The Morgan fingerprint density at radius 3 is 2.05 bits per heavy atom. The zero-order valence-corrected chi connectivity index (χ0v) is 10.9. The number of alkyl halides is 6. The van der Waals surface area contributed by atoms with Crippen LogP contribution in [0.1, 0.15) is 19.8 Å². The molecule has 0 spiro atoms. The summed E-state index contributed by atoms with van der Waals surface area (Å²) in [7, 11) is 0. The lowest BCUT2D eigenvalue weighted by molar-refractivity contribution is -0.299. The Labute approximate surface area is 115 Å². The Morgan fingerprint density at radius 1 is 1.29 bits per heavy atom. The molecule has 0 heterocycles. The van der Waals surface area contributed by atoms with Crippen molar-refractivity contribution in [3.63, 3.8) is 0 Å². The van der Waals surface area contributed by atoms with Crippen molar-refractivity contribution in [1.29, 1.82) is 0 Å². The third-order valence-electron chi connectivity index (χ3n) is 3.16. The van der Waals surface area contributed by atoms with Crippen LogP contribution in [0.15, 0.2) is 0 Å². The molecule has 0 saturated heterocycles. The topological polar surface area (TPSA) is 57.6 Å². The van der Waals surface area contributed by atoms with Gasteiger partial charge in [0.05, 0.1) is 6.54 Å². The Hall–Kier alpha value is -1.48. The molecule has 10 heteroatoms. The maximum Gasteiger partial charge on any atom is 0.403 e. The first-order valence-electron chi connectivity index (χ1n) is 5.90. The summed E-state index contributed by atoms with van der Waals surface area (Å²) in [5, 5.41) is 8.56. The molecule has 0 aromatic carbocycles. The fourth-order valence-corrected chi connectivity index (χ4v) is 2.29. The molecule has 0 aliphatic heterocycles. The Kier molecular flexibility index (Phi) is 4.50. The van der Waals surface area contributed by atoms with Crippen LogP contribution in [0.2, 0.25) is 0 Å². The van der Waals surface area contributed by atoms with Gasteiger partial charge in [0, 0.05) is 12.8 Å². The zero-order chi connectivity index (χ0) is 16.6. The number of aliphatic carboxylic acids is 1. The van der Waals surface area contributed by atoms with Gasteiger partial charge in [0.1, 0.15) is 12.7 Å². The van der Waals surface area contributed by atoms with E-state index in [2.05, 4.69) is 0 Å². The largest absolute Gasteiger partial charge is 0.480 e. The van der Waals surface area contributed by atoms with E-state index in [1.54, 1.807) is 0 Å². The number of halogens is 6. The second kappa shape index (κ2) is 5.38. The van der Waals surface area contributed by atoms with Crippen molar-refractivity contribution < 1.29 is 41.0 Å². The number of carboxylic acids is 1. The molecule has 1 N–H and O–H groups in total. The number of amides is 1. The molecule has 0 radical (unpaired) electrons. The fourth-order valence-electron chi connectivity index (χ4n) is 2.29. The first-order chi connectivity index (χ1) is 9.31. The quantitative estimate of drug-likeness (QED) is 0.790. The summed E-state index contributed by atoms with van der Waals surface area (Å²) in [6.07, 6.45) is -10.6. The van der Waals surface area contributed by atoms with Gasteiger partial charge in [0.2, 0.25) is 5.91 Å². The van der Waals surface area contributed by atoms with E-state index >= 15 is 0 Å². The second-order valence-corrected chi connectivity index (χ2v) is 5.15. The Bertz CT molecular complexity index is 426. The lowest BCUT2D eigenvalue weighted by Crippen LogP contribution is -2.64. The number of carboxylic acid groups (broad SMARTS) is 1. The predicted molar refractivity (Wildman–Crippen MR) is 57.5 cm³/mol. The van der Waals surface area contributed by atoms with E-state index in [4.69, 9.17) is 5.11 Å². The predicted octanol–water partition coefficient (Wildman–Crippen LogP) is 2.24. The Balaban J connectivity index is 3.06. The van der Waals surface area contributed by atoms with Crippen molar-refractivity contribution in [2.45, 2.75) is 38.0 Å². The summed E-state index contributed by atoms with van der Waals surface area (Å²) in [5.41, 5.74) is -3.35. The van der Waals surface area contributed by atoms with Crippen molar-refractivity contribution in [3.8, 4) is 0 Å². The maximum absolute atomic E-state index is 13.0. The molecule has 21 heavy (non-hydrogen) atoms. The molecule has 0 aromatic heterocycles. The van der Waals surface area contributed by atoms with Gasteiger partial charge in [-0.25, -0.2) is 13.2 Å². The molecule has 1 fully saturated rings. The van der Waals surface area contributed by atoms with Crippen molar-refractivity contribution in [1.82, 2.24) is 4.90 Å². The summed E-state index contributed by atoms with van der Waals surface area (Å²) in [4.78, 5) is 22.6. The van der Waals surface area contributed by atoms with Crippen molar-refractivity contribution >= 4 is 11.9 Å². The van der Waals surface area contributed by atoms with Gasteiger partial charge in [0.25, 0.3) is 5.92 Å². The van der Waals surface area contributed by atoms with Gasteiger partial charge in [-0.1, -0.05) is 0 Å². The Morgan fingerprint density at radius 2 is 1.76 bits per heavy atom. The highest BCUT2D eigenvalue weighted by Gasteiger charge is 2.74. The van der Waals surface area contributed by atoms with E-state index in [1.807, 2.05) is 0 Å². The summed E-state index contributed by atoms with van der Waals surface area (Å²) in [6.45, 7) is -1.18. The summed E-state index contributed by atoms with van der Waals surface area (Å²) >= 11 is 0. The van der Waals surface area contributed by atoms with Crippen LogP contribution in [0, 0.1) is 5.41 Å². The number of hydrogen-bond acceptors (Lipinski definition) is 2. The van der Waals surface area contributed by atoms with Gasteiger partial charge in [-0.2, -0.15) is 13.2 Å². The SMILES string of the molecule is CC(F)CN(CC(=O)O)C(=O)C1(C(F)(F)F)CC(F)(F)C1. The molecule has 122 valence electrons. The number of rotatable bonds is 5. The van der Waals surface area contributed by atoms with E-state index in [9.17, 15) is 35.9 Å². The molecular formula is C11H13F6NO3. The molecule has 1 unspecified atom stereocenters. The number of nitrogens with zero attached hydrogens (tertiary/aromatic N) is 1. The third-order valence-corrected chi connectivity index (χ3v) is 3.16. The molecule has 1 aliphatic rings. The normalized spacial score (nSPS) is 21.3. The molecule has 1 atom stereocenters. The number of carbonyl (C=O) groups excluding carboxylic acids is 1. The molecule has 1 aliphatic carbocycles. The highest BCUT2D eigenvalue weighted by Crippen LogP contribution is 2.60. The standard InChI is InChI=1S/C11H13F6NO3/c1-6(12)2-18(3-7(19)20)8(21)9(11(15,16)17)4-10(13,14)5-9/h6H,2-5H2,1H3,(H,19,20). The first-order valence-corrected chi connectivity index (χ1v) is 5.90. The van der Waals surface area contributed by atoms with Gasteiger partial charge in [-0.15, -0.1) is 0 Å².